The van der Waals surface area contributed by atoms with Gasteiger partial charge in [0.15, 0.2) is 0 Å². The van der Waals surface area contributed by atoms with Gasteiger partial charge in [-0.1, -0.05) is 47.1 Å². The van der Waals surface area contributed by atoms with Crippen LogP contribution in [0.5, 0.6) is 0 Å². The molecule has 8 nitrogen and oxygen atoms in total. The Morgan fingerprint density at radius 3 is 2.80 bits per heavy atom. The molecule has 4 rings (SSSR count). The molecule has 0 aliphatic carbocycles. The first-order valence-electron chi connectivity index (χ1n) is 8.77. The van der Waals surface area contributed by atoms with E-state index in [1.807, 2.05) is 31.2 Å². The van der Waals surface area contributed by atoms with Crippen LogP contribution < -0.4 is 5.32 Å². The lowest BCUT2D eigenvalue weighted by Crippen LogP contribution is -2.15. The number of hydrogen-bond donors (Lipinski definition) is 2. The van der Waals surface area contributed by atoms with Crippen LogP contribution in [0.1, 0.15) is 5.56 Å². The van der Waals surface area contributed by atoms with Crippen molar-refractivity contribution in [2.24, 2.45) is 0 Å². The number of rotatable bonds is 6. The summed E-state index contributed by atoms with van der Waals surface area (Å²) in [4.78, 5) is 19.4. The predicted molar refractivity (Wildman–Crippen MR) is 117 cm³/mol. The summed E-state index contributed by atoms with van der Waals surface area (Å²) >= 11 is 13.8. The number of benzene rings is 2. The Morgan fingerprint density at radius 2 is 2.07 bits per heavy atom. The number of amides is 1. The first-order valence-corrected chi connectivity index (χ1v) is 10.5. The van der Waals surface area contributed by atoms with Crippen LogP contribution in [0.2, 0.25) is 10.0 Å². The topological polar surface area (TPSA) is 101 Å². The smallest absolute Gasteiger partial charge is 0.234 e. The Labute approximate surface area is 186 Å². The number of hydrogen-bond acceptors (Lipinski definition) is 6. The number of aromatic nitrogens is 6. The van der Waals surface area contributed by atoms with Crippen LogP contribution in [0.3, 0.4) is 0 Å². The van der Waals surface area contributed by atoms with E-state index in [4.69, 9.17) is 23.2 Å². The normalized spacial score (nSPS) is 10.9. The van der Waals surface area contributed by atoms with E-state index >= 15 is 0 Å². The van der Waals surface area contributed by atoms with Gasteiger partial charge in [0.1, 0.15) is 0 Å². The van der Waals surface area contributed by atoms with E-state index in [1.165, 1.54) is 16.4 Å². The Kier molecular flexibility index (Phi) is 6.03. The maximum absolute atomic E-state index is 12.4. The molecule has 0 aliphatic heterocycles. The van der Waals surface area contributed by atoms with E-state index in [0.29, 0.717) is 26.6 Å². The summed E-state index contributed by atoms with van der Waals surface area (Å²) in [6.07, 6.45) is 3.29. The highest BCUT2D eigenvalue weighted by Crippen LogP contribution is 2.29. The van der Waals surface area contributed by atoms with Gasteiger partial charge in [0, 0.05) is 5.56 Å². The van der Waals surface area contributed by atoms with Crippen molar-refractivity contribution in [1.82, 2.24) is 30.2 Å². The zero-order valence-electron chi connectivity index (χ0n) is 15.6. The molecule has 2 N–H and O–H groups in total. The highest BCUT2D eigenvalue weighted by atomic mass is 35.5. The number of carbonyl (C=O) groups excluding carboxylic acids is 1. The van der Waals surface area contributed by atoms with Crippen molar-refractivity contribution in [1.29, 1.82) is 0 Å². The number of nitrogens with one attached hydrogen (secondary N) is 2. The van der Waals surface area contributed by atoms with Gasteiger partial charge in [-0.15, -0.1) is 5.10 Å². The molecule has 11 heteroatoms. The highest BCUT2D eigenvalue weighted by Gasteiger charge is 2.15. The number of H-pyrrole nitrogens is 1. The van der Waals surface area contributed by atoms with Crippen molar-refractivity contribution in [3.8, 4) is 16.9 Å². The number of carbonyl (C=O) groups is 1. The zero-order valence-corrected chi connectivity index (χ0v) is 18.0. The average molecular weight is 460 g/mol. The van der Waals surface area contributed by atoms with Crippen molar-refractivity contribution < 1.29 is 4.79 Å². The third-order valence-corrected chi connectivity index (χ3v) is 5.69. The molecule has 0 radical (unpaired) electrons. The molecule has 0 aliphatic rings. The molecule has 0 spiro atoms. The Morgan fingerprint density at radius 1 is 1.20 bits per heavy atom. The minimum atomic E-state index is -0.235. The molecule has 0 bridgehead atoms. The van der Waals surface area contributed by atoms with Crippen LogP contribution >= 0.6 is 35.0 Å². The second kappa shape index (κ2) is 8.86. The van der Waals surface area contributed by atoms with Crippen LogP contribution in [0.25, 0.3) is 16.9 Å². The SMILES string of the molecule is Cc1ccc(-n2nnnc2SCC(=O)Nc2ccc(-c3cnc[nH]3)cc2Cl)c(Cl)c1. The first-order chi connectivity index (χ1) is 14.5. The lowest BCUT2D eigenvalue weighted by Gasteiger charge is -2.09. The summed E-state index contributed by atoms with van der Waals surface area (Å²) in [5, 5.41) is 15.9. The van der Waals surface area contributed by atoms with Gasteiger partial charge >= 0.3 is 0 Å². The highest BCUT2D eigenvalue weighted by molar-refractivity contribution is 7.99. The molecule has 0 unspecified atom stereocenters. The summed E-state index contributed by atoms with van der Waals surface area (Å²) in [7, 11) is 0. The molecule has 0 saturated carbocycles. The summed E-state index contributed by atoms with van der Waals surface area (Å²) in [5.74, 6) is -0.136. The van der Waals surface area contributed by atoms with Gasteiger partial charge < -0.3 is 10.3 Å². The number of nitrogens with zero attached hydrogens (tertiary/aromatic N) is 5. The average Bonchev–Trinajstić information content (AvgIpc) is 3.40. The molecule has 0 fully saturated rings. The molecular weight excluding hydrogens is 445 g/mol. The molecule has 0 saturated heterocycles. The second-order valence-corrected chi connectivity index (χ2v) is 8.08. The predicted octanol–water partition coefficient (Wildman–Crippen LogP) is 4.40. The number of tetrazole rings is 1. The van der Waals surface area contributed by atoms with E-state index in [9.17, 15) is 4.79 Å². The van der Waals surface area contributed by atoms with Crippen molar-refractivity contribution in [2.45, 2.75) is 12.1 Å². The monoisotopic (exact) mass is 459 g/mol. The summed E-state index contributed by atoms with van der Waals surface area (Å²) in [6.45, 7) is 1.95. The van der Waals surface area contributed by atoms with Crippen molar-refractivity contribution in [3.63, 3.8) is 0 Å². The van der Waals surface area contributed by atoms with Gasteiger partial charge in [0.2, 0.25) is 11.1 Å². The van der Waals surface area contributed by atoms with E-state index in [0.717, 1.165) is 16.8 Å². The third-order valence-electron chi connectivity index (χ3n) is 4.16. The summed E-state index contributed by atoms with van der Waals surface area (Å²) < 4.78 is 1.51. The quantitative estimate of drug-likeness (QED) is 0.414. The third kappa shape index (κ3) is 4.48. The van der Waals surface area contributed by atoms with Crippen LogP contribution in [-0.2, 0) is 4.79 Å². The zero-order chi connectivity index (χ0) is 21.1. The molecule has 0 atom stereocenters. The summed E-state index contributed by atoms with van der Waals surface area (Å²) in [6, 6.07) is 10.9. The van der Waals surface area contributed by atoms with Crippen LogP contribution in [0.4, 0.5) is 5.69 Å². The number of thioether (sulfide) groups is 1. The van der Waals surface area contributed by atoms with E-state index in [2.05, 4.69) is 30.8 Å². The van der Waals surface area contributed by atoms with E-state index in [-0.39, 0.29) is 11.7 Å². The number of imidazole rings is 1. The van der Waals surface area contributed by atoms with Crippen molar-refractivity contribution in [3.05, 3.63) is 64.5 Å². The van der Waals surface area contributed by atoms with Crippen LogP contribution in [0, 0.1) is 6.92 Å². The molecule has 30 heavy (non-hydrogen) atoms. The fourth-order valence-electron chi connectivity index (χ4n) is 2.72. The number of aromatic amines is 1. The minimum absolute atomic E-state index is 0.0997. The van der Waals surface area contributed by atoms with Gasteiger partial charge in [0.05, 0.1) is 45.4 Å². The minimum Gasteiger partial charge on any atom is -0.345 e. The molecule has 152 valence electrons. The maximum atomic E-state index is 12.4. The van der Waals surface area contributed by atoms with Crippen molar-refractivity contribution in [2.75, 3.05) is 11.1 Å². The first kappa shape index (κ1) is 20.4. The van der Waals surface area contributed by atoms with E-state index in [1.54, 1.807) is 24.7 Å². The van der Waals surface area contributed by atoms with Gasteiger partial charge in [-0.2, -0.15) is 4.68 Å². The fraction of sp³-hybridized carbons (Fsp3) is 0.105. The van der Waals surface area contributed by atoms with Gasteiger partial charge in [-0.05, 0) is 47.2 Å². The Bertz CT molecular complexity index is 1190. The molecule has 2 aromatic carbocycles. The Balaban J connectivity index is 1.42. The molecule has 2 aromatic heterocycles. The standard InChI is InChI=1S/C19H15Cl2N7OS/c1-11-2-5-17(14(21)6-11)28-19(25-26-27-28)30-9-18(29)24-15-4-3-12(7-13(15)20)16-8-22-10-23-16/h2-8,10H,9H2,1H3,(H,22,23)(H,24,29). The summed E-state index contributed by atoms with van der Waals surface area (Å²) in [5.41, 5.74) is 3.91. The van der Waals surface area contributed by atoms with Crippen LogP contribution in [0.15, 0.2) is 54.1 Å². The lowest BCUT2D eigenvalue weighted by molar-refractivity contribution is -0.113. The largest absolute Gasteiger partial charge is 0.345 e. The molecular formula is C19H15Cl2N7OS. The Hall–Kier alpha value is -2.88. The van der Waals surface area contributed by atoms with Crippen molar-refractivity contribution >= 4 is 46.6 Å². The van der Waals surface area contributed by atoms with Gasteiger partial charge in [-0.3, -0.25) is 4.79 Å². The molecule has 2 heterocycles. The number of halogens is 2. The van der Waals surface area contributed by atoms with E-state index < -0.39 is 0 Å². The van der Waals surface area contributed by atoms with Gasteiger partial charge in [0.25, 0.3) is 0 Å². The lowest BCUT2D eigenvalue weighted by atomic mass is 10.1. The number of anilines is 1. The number of aryl methyl sites for hydroxylation is 1. The molecule has 1 amide bonds. The fourth-order valence-corrected chi connectivity index (χ4v) is 3.94. The van der Waals surface area contributed by atoms with Gasteiger partial charge in [-0.25, -0.2) is 4.98 Å². The van der Waals surface area contributed by atoms with Crippen LogP contribution in [-0.4, -0.2) is 41.8 Å². The maximum Gasteiger partial charge on any atom is 0.234 e. The molecule has 4 aromatic rings. The second-order valence-electron chi connectivity index (χ2n) is 6.32.